The third kappa shape index (κ3) is 4.86. The molecule has 6 heteroatoms. The highest BCUT2D eigenvalue weighted by molar-refractivity contribution is 7.18. The number of hydrogen-bond acceptors (Lipinski definition) is 5. The molecule has 0 radical (unpaired) electrons. The summed E-state index contributed by atoms with van der Waals surface area (Å²) < 4.78 is 1.21. The van der Waals surface area contributed by atoms with Gasteiger partial charge in [0.25, 0.3) is 0 Å². The van der Waals surface area contributed by atoms with Gasteiger partial charge in [0.05, 0.1) is 15.2 Å². The number of carbonyl (C=O) groups is 1. The quantitative estimate of drug-likeness (QED) is 0.795. The van der Waals surface area contributed by atoms with E-state index in [4.69, 9.17) is 0 Å². The number of nitrogens with zero attached hydrogens (tertiary/aromatic N) is 3. The highest BCUT2D eigenvalue weighted by atomic mass is 32.1. The van der Waals surface area contributed by atoms with Crippen LogP contribution in [0.25, 0.3) is 10.2 Å². The molecule has 146 valence electrons. The van der Waals surface area contributed by atoms with Gasteiger partial charge in [0.2, 0.25) is 5.91 Å². The smallest absolute Gasteiger partial charge is 0.223 e. The summed E-state index contributed by atoms with van der Waals surface area (Å²) in [5.41, 5.74) is 1.05. The summed E-state index contributed by atoms with van der Waals surface area (Å²) in [6.07, 6.45) is 6.35. The molecule has 2 aliphatic rings. The van der Waals surface area contributed by atoms with Gasteiger partial charge in [-0.2, -0.15) is 0 Å². The molecule has 1 aromatic carbocycles. The molecule has 1 N–H and O–H groups in total. The third-order valence-corrected chi connectivity index (χ3v) is 6.89. The van der Waals surface area contributed by atoms with E-state index < -0.39 is 0 Å². The number of likely N-dealkylation sites (tertiary alicyclic amines) is 1. The Kier molecular flexibility index (Phi) is 6.37. The number of amides is 1. The lowest BCUT2D eigenvalue weighted by atomic mass is 10.1. The second-order valence-electron chi connectivity index (χ2n) is 7.71. The number of benzene rings is 1. The standard InChI is InChI=1S/C21H30N4OS/c26-21(9-8-20-23-18-6-2-3-7-19(18)27-20)25(17-10-11-22-16-17)15-14-24-12-4-1-5-13-24/h2-3,6-7,17,22H,1,4-5,8-16H2. The molecule has 5 nitrogen and oxygen atoms in total. The second-order valence-corrected chi connectivity index (χ2v) is 8.83. The molecule has 1 unspecified atom stereocenters. The van der Waals surface area contributed by atoms with E-state index in [-0.39, 0.29) is 0 Å². The van der Waals surface area contributed by atoms with Crippen molar-refractivity contribution < 1.29 is 4.79 Å². The van der Waals surface area contributed by atoms with E-state index in [0.29, 0.717) is 18.4 Å². The first kappa shape index (κ1) is 18.8. The average Bonchev–Trinajstić information content (AvgIpc) is 3.37. The molecule has 1 atom stereocenters. The fourth-order valence-corrected chi connectivity index (χ4v) is 5.20. The first-order valence-electron chi connectivity index (χ1n) is 10.4. The van der Waals surface area contributed by atoms with E-state index in [1.54, 1.807) is 11.3 Å². The Labute approximate surface area is 165 Å². The molecule has 2 fully saturated rings. The maximum absolute atomic E-state index is 13.0. The van der Waals surface area contributed by atoms with Crippen LogP contribution < -0.4 is 5.32 Å². The largest absolute Gasteiger partial charge is 0.337 e. The van der Waals surface area contributed by atoms with E-state index in [9.17, 15) is 4.79 Å². The van der Waals surface area contributed by atoms with Crippen molar-refractivity contribution in [3.05, 3.63) is 29.3 Å². The zero-order valence-corrected chi connectivity index (χ0v) is 16.8. The number of rotatable bonds is 7. The minimum atomic E-state index is 0.292. The molecule has 27 heavy (non-hydrogen) atoms. The van der Waals surface area contributed by atoms with Gasteiger partial charge in [0.1, 0.15) is 0 Å². The van der Waals surface area contributed by atoms with Crippen LogP contribution in [0.5, 0.6) is 0 Å². The molecular weight excluding hydrogens is 356 g/mol. The Hall–Kier alpha value is -1.50. The van der Waals surface area contributed by atoms with Gasteiger partial charge in [-0.05, 0) is 51.0 Å². The van der Waals surface area contributed by atoms with Gasteiger partial charge < -0.3 is 15.1 Å². The molecule has 3 heterocycles. The van der Waals surface area contributed by atoms with Crippen LogP contribution in [0.2, 0.25) is 0 Å². The first-order chi connectivity index (χ1) is 13.3. The van der Waals surface area contributed by atoms with Crippen molar-refractivity contribution in [2.75, 3.05) is 39.3 Å². The van der Waals surface area contributed by atoms with Crippen LogP contribution >= 0.6 is 11.3 Å². The van der Waals surface area contributed by atoms with Crippen LogP contribution in [0.4, 0.5) is 0 Å². The number of carbonyl (C=O) groups excluding carboxylic acids is 1. The average molecular weight is 387 g/mol. The van der Waals surface area contributed by atoms with Gasteiger partial charge in [-0.25, -0.2) is 4.98 Å². The van der Waals surface area contributed by atoms with Crippen LogP contribution in [0.1, 0.15) is 37.1 Å². The van der Waals surface area contributed by atoms with Gasteiger partial charge >= 0.3 is 0 Å². The van der Waals surface area contributed by atoms with Crippen molar-refractivity contribution in [3.63, 3.8) is 0 Å². The number of aromatic nitrogens is 1. The lowest BCUT2D eigenvalue weighted by molar-refractivity contribution is -0.133. The van der Waals surface area contributed by atoms with Crippen LogP contribution in [-0.2, 0) is 11.2 Å². The Balaban J connectivity index is 1.35. The summed E-state index contributed by atoms with van der Waals surface area (Å²) in [4.78, 5) is 22.4. The normalized spacial score (nSPS) is 21.0. The van der Waals surface area contributed by atoms with Crippen molar-refractivity contribution in [1.29, 1.82) is 0 Å². The van der Waals surface area contributed by atoms with Crippen LogP contribution in [-0.4, -0.2) is 66.0 Å². The molecule has 0 bridgehead atoms. The van der Waals surface area contributed by atoms with Crippen LogP contribution in [0.15, 0.2) is 24.3 Å². The Bertz CT molecular complexity index is 716. The molecule has 0 aliphatic carbocycles. The van der Waals surface area contributed by atoms with Crippen molar-refractivity contribution in [2.24, 2.45) is 0 Å². The summed E-state index contributed by atoms with van der Waals surface area (Å²) in [7, 11) is 0. The van der Waals surface area contributed by atoms with Crippen LogP contribution in [0, 0.1) is 0 Å². The number of thiazole rings is 1. The first-order valence-corrected chi connectivity index (χ1v) is 11.2. The molecule has 1 aromatic heterocycles. The third-order valence-electron chi connectivity index (χ3n) is 5.79. The van der Waals surface area contributed by atoms with Gasteiger partial charge in [-0.1, -0.05) is 18.6 Å². The summed E-state index contributed by atoms with van der Waals surface area (Å²) in [6.45, 7) is 6.23. The minimum Gasteiger partial charge on any atom is -0.337 e. The fourth-order valence-electron chi connectivity index (χ4n) is 4.23. The molecule has 0 saturated carbocycles. The minimum absolute atomic E-state index is 0.292. The molecule has 2 saturated heterocycles. The fraction of sp³-hybridized carbons (Fsp3) is 0.619. The van der Waals surface area contributed by atoms with Crippen LogP contribution in [0.3, 0.4) is 0 Å². The van der Waals surface area contributed by atoms with Gasteiger partial charge in [0, 0.05) is 38.5 Å². The van der Waals surface area contributed by atoms with E-state index in [1.807, 2.05) is 18.2 Å². The van der Waals surface area contributed by atoms with Crippen molar-refractivity contribution in [2.45, 2.75) is 44.6 Å². The van der Waals surface area contributed by atoms with E-state index in [2.05, 4.69) is 26.2 Å². The van der Waals surface area contributed by atoms with E-state index in [1.165, 1.54) is 37.1 Å². The van der Waals surface area contributed by atoms with Crippen molar-refractivity contribution in [1.82, 2.24) is 20.1 Å². The Morgan fingerprint density at radius 2 is 2.11 bits per heavy atom. The molecule has 2 aromatic rings. The number of hydrogen-bond donors (Lipinski definition) is 1. The summed E-state index contributed by atoms with van der Waals surface area (Å²) in [5.74, 6) is 0.292. The second kappa shape index (κ2) is 9.13. The molecule has 2 aliphatic heterocycles. The Morgan fingerprint density at radius 3 is 2.89 bits per heavy atom. The monoisotopic (exact) mass is 386 g/mol. The summed E-state index contributed by atoms with van der Waals surface area (Å²) >= 11 is 1.72. The maximum atomic E-state index is 13.0. The highest BCUT2D eigenvalue weighted by Gasteiger charge is 2.27. The maximum Gasteiger partial charge on any atom is 0.223 e. The zero-order valence-electron chi connectivity index (χ0n) is 16.0. The number of para-hydroxylation sites is 1. The van der Waals surface area contributed by atoms with Gasteiger partial charge in [-0.3, -0.25) is 4.79 Å². The number of aryl methyl sites for hydroxylation is 1. The SMILES string of the molecule is O=C(CCc1nc2ccccc2s1)N(CCN1CCCCC1)C1CCNC1. The molecular formula is C21H30N4OS. The molecule has 1 amide bonds. The molecule has 0 spiro atoms. The lowest BCUT2D eigenvalue weighted by Crippen LogP contribution is -2.46. The number of nitrogens with one attached hydrogen (secondary N) is 1. The van der Waals surface area contributed by atoms with Gasteiger partial charge in [0.15, 0.2) is 0 Å². The van der Waals surface area contributed by atoms with E-state index >= 15 is 0 Å². The lowest BCUT2D eigenvalue weighted by Gasteiger charge is -2.33. The Morgan fingerprint density at radius 1 is 1.26 bits per heavy atom. The topological polar surface area (TPSA) is 48.5 Å². The van der Waals surface area contributed by atoms with E-state index in [0.717, 1.165) is 49.5 Å². The summed E-state index contributed by atoms with van der Waals surface area (Å²) in [6, 6.07) is 8.58. The number of piperidine rings is 1. The zero-order chi connectivity index (χ0) is 18.5. The number of fused-ring (bicyclic) bond motifs is 1. The summed E-state index contributed by atoms with van der Waals surface area (Å²) in [5, 5.41) is 4.49. The van der Waals surface area contributed by atoms with Gasteiger partial charge in [-0.15, -0.1) is 11.3 Å². The van der Waals surface area contributed by atoms with Crippen molar-refractivity contribution >= 4 is 27.5 Å². The predicted octanol–water partition coefficient (Wildman–Crippen LogP) is 2.91. The predicted molar refractivity (Wildman–Crippen MR) is 111 cm³/mol. The molecule has 4 rings (SSSR count). The van der Waals surface area contributed by atoms with Crippen molar-refractivity contribution in [3.8, 4) is 0 Å². The highest BCUT2D eigenvalue weighted by Crippen LogP contribution is 2.23.